The number of aliphatic hydroxyl groups excluding tert-OH is 1. The number of fused-ring (bicyclic) bond motifs is 2. The van der Waals surface area contributed by atoms with Gasteiger partial charge in [0.2, 0.25) is 5.89 Å². The van der Waals surface area contributed by atoms with Gasteiger partial charge in [-0.3, -0.25) is 14.7 Å². The molecule has 12 nitrogen and oxygen atoms in total. The number of carbonyl (C=O) groups is 1. The van der Waals surface area contributed by atoms with E-state index >= 15 is 0 Å². The van der Waals surface area contributed by atoms with Crippen LogP contribution in [0.3, 0.4) is 0 Å². The molecule has 0 saturated carbocycles. The van der Waals surface area contributed by atoms with E-state index in [4.69, 9.17) is 14.1 Å². The Morgan fingerprint density at radius 2 is 1.75 bits per heavy atom. The van der Waals surface area contributed by atoms with Crippen LogP contribution >= 0.6 is 0 Å². The summed E-state index contributed by atoms with van der Waals surface area (Å²) in [5, 5.41) is 25.3. The molecule has 4 heterocycles. The zero-order valence-electron chi connectivity index (χ0n) is 30.7. The number of ether oxygens (including phenoxy) is 1. The molecule has 0 spiro atoms. The Morgan fingerprint density at radius 3 is 2.46 bits per heavy atom. The van der Waals surface area contributed by atoms with E-state index in [9.17, 15) is 32.6 Å². The van der Waals surface area contributed by atoms with Crippen molar-refractivity contribution in [3.05, 3.63) is 88.9 Å². The number of oxazole rings is 1. The monoisotopic (exact) mass is 773 g/mol. The molecule has 6 aromatic rings. The third kappa shape index (κ3) is 8.27. The standard InChI is InChI=1S/C40H39F4N7O5/c1-20(52)15-45-16-23-12-31-34(46-17-23)36(50-37(48-31)35(41)42)47-29-9-5-7-27(22(29)3)26-6-4-8-28(21(26)2)38-49-30-13-25(19-51-11-10-24(18-51)39(53)54)32(56-40(43)44)14-33(30)55-38/h4-9,12-14,17,20,24,35,40,45,52H,10-11,15-16,18-19H2,1-3H3,(H,53,54)(H,47,48,50)/t20-,24?/m0/s1. The highest BCUT2D eigenvalue weighted by atomic mass is 19.3. The lowest BCUT2D eigenvalue weighted by atomic mass is 9.93. The summed E-state index contributed by atoms with van der Waals surface area (Å²) in [5.41, 5.74) is 6.89. The van der Waals surface area contributed by atoms with Gasteiger partial charge in [0.05, 0.1) is 17.5 Å². The van der Waals surface area contributed by atoms with E-state index < -0.39 is 36.9 Å². The lowest BCUT2D eigenvalue weighted by molar-refractivity contribution is -0.141. The molecule has 2 atom stereocenters. The number of carboxylic acids is 1. The highest BCUT2D eigenvalue weighted by Crippen LogP contribution is 2.39. The van der Waals surface area contributed by atoms with E-state index in [-0.39, 0.29) is 35.1 Å². The molecule has 0 bridgehead atoms. The summed E-state index contributed by atoms with van der Waals surface area (Å²) in [5.74, 6) is -1.76. The normalized spacial score (nSPS) is 15.4. The third-order valence-corrected chi connectivity index (χ3v) is 9.82. The van der Waals surface area contributed by atoms with Crippen molar-refractivity contribution in [3.63, 3.8) is 0 Å². The minimum atomic E-state index is -3.08. The summed E-state index contributed by atoms with van der Waals surface area (Å²) in [6, 6.07) is 15.9. The molecule has 7 rings (SSSR count). The van der Waals surface area contributed by atoms with E-state index in [2.05, 4.69) is 25.6 Å². The first-order valence-electron chi connectivity index (χ1n) is 18.0. The fourth-order valence-electron chi connectivity index (χ4n) is 7.00. The number of aliphatic hydroxyl groups is 1. The number of anilines is 2. The van der Waals surface area contributed by atoms with Gasteiger partial charge in [-0.25, -0.2) is 23.7 Å². The van der Waals surface area contributed by atoms with Crippen LogP contribution in [0.2, 0.25) is 0 Å². The average molecular weight is 774 g/mol. The zero-order chi connectivity index (χ0) is 39.7. The quantitative estimate of drug-likeness (QED) is 0.0798. The number of rotatable bonds is 14. The molecule has 3 aromatic carbocycles. The minimum absolute atomic E-state index is 0.0723. The summed E-state index contributed by atoms with van der Waals surface area (Å²) in [6.45, 7) is 4.09. The van der Waals surface area contributed by atoms with Gasteiger partial charge in [0.15, 0.2) is 17.2 Å². The SMILES string of the molecule is Cc1c(Nc2nc(C(F)F)nc3cc(CNC[C@H](C)O)cnc23)cccc1-c1cccc(-c2nc3cc(CN4CCC(C(=O)O)C4)c(OC(F)F)cc3o2)c1C. The number of aliphatic carboxylic acids is 1. The molecule has 56 heavy (non-hydrogen) atoms. The summed E-state index contributed by atoms with van der Waals surface area (Å²) < 4.78 is 65.9. The third-order valence-electron chi connectivity index (χ3n) is 9.82. The lowest BCUT2D eigenvalue weighted by Gasteiger charge is -2.17. The van der Waals surface area contributed by atoms with Crippen molar-refractivity contribution in [2.75, 3.05) is 25.0 Å². The van der Waals surface area contributed by atoms with Gasteiger partial charge in [0.1, 0.15) is 16.8 Å². The maximum Gasteiger partial charge on any atom is 0.387 e. The molecule has 1 unspecified atom stereocenters. The molecular formula is C40H39F4N7O5. The summed E-state index contributed by atoms with van der Waals surface area (Å²) in [4.78, 5) is 30.8. The van der Waals surface area contributed by atoms with Gasteiger partial charge < -0.3 is 30.0 Å². The number of nitrogens with zero attached hydrogens (tertiary/aromatic N) is 5. The van der Waals surface area contributed by atoms with Gasteiger partial charge in [-0.05, 0) is 85.8 Å². The second kappa shape index (κ2) is 16.2. The fourth-order valence-corrected chi connectivity index (χ4v) is 7.00. The van der Waals surface area contributed by atoms with Gasteiger partial charge in [0, 0.05) is 55.3 Å². The van der Waals surface area contributed by atoms with Crippen LogP contribution in [0.5, 0.6) is 5.75 Å². The van der Waals surface area contributed by atoms with Crippen molar-refractivity contribution in [2.45, 2.75) is 59.4 Å². The predicted molar refractivity (Wildman–Crippen MR) is 201 cm³/mol. The van der Waals surface area contributed by atoms with Crippen LogP contribution in [0.1, 0.15) is 47.8 Å². The van der Waals surface area contributed by atoms with E-state index in [1.54, 1.807) is 25.3 Å². The largest absolute Gasteiger partial charge is 0.481 e. The van der Waals surface area contributed by atoms with Crippen molar-refractivity contribution >= 4 is 39.6 Å². The van der Waals surface area contributed by atoms with Crippen molar-refractivity contribution in [3.8, 4) is 28.3 Å². The van der Waals surface area contributed by atoms with E-state index in [0.29, 0.717) is 66.0 Å². The minimum Gasteiger partial charge on any atom is -0.481 e. The molecule has 292 valence electrons. The number of pyridine rings is 1. The van der Waals surface area contributed by atoms with Gasteiger partial charge in [-0.2, -0.15) is 8.78 Å². The Hall–Kier alpha value is -5.71. The number of hydrogen-bond acceptors (Lipinski definition) is 11. The fraction of sp³-hybridized carbons (Fsp3) is 0.325. The maximum absolute atomic E-state index is 14.0. The number of alkyl halides is 4. The Bertz CT molecular complexity index is 2410. The summed E-state index contributed by atoms with van der Waals surface area (Å²) >= 11 is 0. The Labute approximate surface area is 318 Å². The van der Waals surface area contributed by atoms with Crippen LogP contribution in [0, 0.1) is 19.8 Å². The van der Waals surface area contributed by atoms with Gasteiger partial charge >= 0.3 is 12.6 Å². The molecule has 0 radical (unpaired) electrons. The molecule has 3 aromatic heterocycles. The van der Waals surface area contributed by atoms with E-state index in [1.165, 1.54) is 6.07 Å². The van der Waals surface area contributed by atoms with Crippen LogP contribution < -0.4 is 15.4 Å². The first-order valence-corrected chi connectivity index (χ1v) is 18.0. The second-order valence-electron chi connectivity index (χ2n) is 13.9. The maximum atomic E-state index is 14.0. The van der Waals surface area contributed by atoms with Crippen LogP contribution in [0.15, 0.2) is 65.2 Å². The number of aromatic nitrogens is 4. The number of benzene rings is 3. The van der Waals surface area contributed by atoms with Crippen LogP contribution in [-0.2, 0) is 17.9 Å². The average Bonchev–Trinajstić information content (AvgIpc) is 3.79. The summed E-state index contributed by atoms with van der Waals surface area (Å²) in [7, 11) is 0. The highest BCUT2D eigenvalue weighted by Gasteiger charge is 2.29. The van der Waals surface area contributed by atoms with Gasteiger partial charge in [0.25, 0.3) is 6.43 Å². The van der Waals surface area contributed by atoms with Gasteiger partial charge in [-0.15, -0.1) is 0 Å². The van der Waals surface area contributed by atoms with Crippen LogP contribution in [0.4, 0.5) is 29.1 Å². The number of nitrogens with one attached hydrogen (secondary N) is 2. The van der Waals surface area contributed by atoms with E-state index in [1.807, 2.05) is 55.1 Å². The lowest BCUT2D eigenvalue weighted by Crippen LogP contribution is -2.23. The van der Waals surface area contributed by atoms with Gasteiger partial charge in [-0.1, -0.05) is 24.3 Å². The van der Waals surface area contributed by atoms with Crippen LogP contribution in [-0.4, -0.2) is 73.4 Å². The Balaban J connectivity index is 1.20. The molecule has 16 heteroatoms. The first kappa shape index (κ1) is 38.6. The molecular weight excluding hydrogens is 734 g/mol. The van der Waals surface area contributed by atoms with Crippen molar-refractivity contribution < 1.29 is 41.7 Å². The van der Waals surface area contributed by atoms with E-state index in [0.717, 1.165) is 22.3 Å². The van der Waals surface area contributed by atoms with Crippen molar-refractivity contribution in [1.29, 1.82) is 0 Å². The summed E-state index contributed by atoms with van der Waals surface area (Å²) in [6.07, 6.45) is -1.41. The molecule has 1 aliphatic heterocycles. The Kier molecular flexibility index (Phi) is 11.1. The highest BCUT2D eigenvalue weighted by molar-refractivity contribution is 5.89. The predicted octanol–water partition coefficient (Wildman–Crippen LogP) is 7.78. The van der Waals surface area contributed by atoms with Crippen molar-refractivity contribution in [1.82, 2.24) is 30.2 Å². The number of halogens is 4. The second-order valence-corrected chi connectivity index (χ2v) is 13.9. The molecule has 4 N–H and O–H groups in total. The molecule has 1 aliphatic rings. The number of carboxylic acid groups (broad SMARTS) is 1. The smallest absolute Gasteiger partial charge is 0.387 e. The number of hydrogen-bond donors (Lipinski definition) is 4. The molecule has 0 aliphatic carbocycles. The molecule has 1 fully saturated rings. The first-order chi connectivity index (χ1) is 26.8. The Morgan fingerprint density at radius 1 is 1.00 bits per heavy atom. The van der Waals surface area contributed by atoms with Crippen molar-refractivity contribution in [2.24, 2.45) is 5.92 Å². The zero-order valence-corrected chi connectivity index (χ0v) is 30.7. The molecule has 0 amide bonds. The van der Waals surface area contributed by atoms with Crippen LogP contribution in [0.25, 0.3) is 44.7 Å². The number of likely N-dealkylation sites (tertiary alicyclic amines) is 1. The topological polar surface area (TPSA) is 159 Å². The molecule has 1 saturated heterocycles.